The lowest BCUT2D eigenvalue weighted by molar-refractivity contribution is 0.0520. The molecule has 0 atom stereocenters. The molecule has 164 valence electrons. The number of benzene rings is 1. The van der Waals surface area contributed by atoms with Crippen molar-refractivity contribution in [2.24, 2.45) is 0 Å². The van der Waals surface area contributed by atoms with Crippen molar-refractivity contribution in [2.75, 3.05) is 11.9 Å². The molecule has 3 aromatic heterocycles. The van der Waals surface area contributed by atoms with Gasteiger partial charge in [-0.1, -0.05) is 26.0 Å². The number of fused-ring (bicyclic) bond motifs is 1. The summed E-state index contributed by atoms with van der Waals surface area (Å²) in [7, 11) is 0. The van der Waals surface area contributed by atoms with E-state index in [0.29, 0.717) is 22.0 Å². The van der Waals surface area contributed by atoms with Crippen LogP contribution in [0.15, 0.2) is 57.3 Å². The van der Waals surface area contributed by atoms with Gasteiger partial charge in [-0.05, 0) is 42.7 Å². The number of aromatic nitrogens is 2. The molecule has 1 N–H and O–H groups in total. The summed E-state index contributed by atoms with van der Waals surface area (Å²) in [5, 5.41) is 9.43. The van der Waals surface area contributed by atoms with Crippen LogP contribution in [0.25, 0.3) is 16.5 Å². The summed E-state index contributed by atoms with van der Waals surface area (Å²) in [6.07, 6.45) is 1.39. The van der Waals surface area contributed by atoms with Gasteiger partial charge in [-0.15, -0.1) is 11.3 Å². The molecule has 0 aliphatic heterocycles. The van der Waals surface area contributed by atoms with Crippen molar-refractivity contribution in [1.29, 1.82) is 0 Å². The van der Waals surface area contributed by atoms with Gasteiger partial charge in [0.2, 0.25) is 0 Å². The summed E-state index contributed by atoms with van der Waals surface area (Å²) in [5.74, 6) is -0.713. The van der Waals surface area contributed by atoms with Crippen LogP contribution in [0, 0.1) is 0 Å². The minimum Gasteiger partial charge on any atom is -0.461 e. The predicted molar refractivity (Wildman–Crippen MR) is 122 cm³/mol. The Morgan fingerprint density at radius 2 is 1.97 bits per heavy atom. The van der Waals surface area contributed by atoms with Crippen LogP contribution in [0.2, 0.25) is 0 Å². The highest BCUT2D eigenvalue weighted by atomic mass is 32.1. The fourth-order valence-corrected chi connectivity index (χ4v) is 4.17. The van der Waals surface area contributed by atoms with E-state index in [1.807, 2.05) is 12.1 Å². The number of anilines is 1. The highest BCUT2D eigenvalue weighted by Crippen LogP contribution is 2.31. The van der Waals surface area contributed by atoms with Crippen LogP contribution in [0.3, 0.4) is 0 Å². The number of hydrogen-bond donors (Lipinski definition) is 1. The molecule has 0 saturated heterocycles. The van der Waals surface area contributed by atoms with Crippen molar-refractivity contribution in [2.45, 2.75) is 26.7 Å². The summed E-state index contributed by atoms with van der Waals surface area (Å²) in [4.78, 5) is 38.5. The van der Waals surface area contributed by atoms with Crippen LogP contribution in [0.4, 0.5) is 5.00 Å². The van der Waals surface area contributed by atoms with Gasteiger partial charge < -0.3 is 14.5 Å². The maximum absolute atomic E-state index is 13.4. The van der Waals surface area contributed by atoms with Gasteiger partial charge >= 0.3 is 5.97 Å². The highest BCUT2D eigenvalue weighted by molar-refractivity contribution is 7.16. The minimum atomic E-state index is -0.647. The normalized spacial score (nSPS) is 11.1. The summed E-state index contributed by atoms with van der Waals surface area (Å²) in [6, 6.07) is 10.5. The SMILES string of the molecule is CCOC(=O)c1nn(-c2ccc(C(C)C)cc2)c(=O)c2c(NC(=O)c3ccco3)scc12. The predicted octanol–water partition coefficient (Wildman–Crippen LogP) is 4.59. The zero-order valence-corrected chi connectivity index (χ0v) is 18.6. The first-order chi connectivity index (χ1) is 15.4. The van der Waals surface area contributed by atoms with Gasteiger partial charge in [-0.25, -0.2) is 4.79 Å². The number of furan rings is 1. The fraction of sp³-hybridized carbons (Fsp3) is 0.217. The number of nitrogens with zero attached hydrogens (tertiary/aromatic N) is 2. The second-order valence-corrected chi connectivity index (χ2v) is 8.20. The third-order valence-electron chi connectivity index (χ3n) is 4.90. The van der Waals surface area contributed by atoms with Crippen LogP contribution in [-0.4, -0.2) is 28.3 Å². The summed E-state index contributed by atoms with van der Waals surface area (Å²) >= 11 is 1.13. The standard InChI is InChI=1S/C23H21N3O5S/c1-4-30-23(29)19-16-12-32-21(24-20(27)17-6-5-11-31-17)18(16)22(28)26(25-19)15-9-7-14(8-10-15)13(2)3/h5-13H,4H2,1-3H3,(H,24,27). The quantitative estimate of drug-likeness (QED) is 0.430. The average molecular weight is 452 g/mol. The molecular formula is C23H21N3O5S. The lowest BCUT2D eigenvalue weighted by Gasteiger charge is -2.11. The van der Waals surface area contributed by atoms with Gasteiger partial charge in [-0.2, -0.15) is 9.78 Å². The minimum absolute atomic E-state index is 0.00383. The number of rotatable bonds is 6. The maximum atomic E-state index is 13.4. The van der Waals surface area contributed by atoms with E-state index in [9.17, 15) is 14.4 Å². The molecule has 0 spiro atoms. The molecule has 32 heavy (non-hydrogen) atoms. The first-order valence-electron chi connectivity index (χ1n) is 10.1. The molecule has 0 saturated carbocycles. The van der Waals surface area contributed by atoms with Gasteiger partial charge in [0, 0.05) is 10.8 Å². The number of carbonyl (C=O) groups is 2. The van der Waals surface area contributed by atoms with Gasteiger partial charge in [0.15, 0.2) is 11.5 Å². The Labute approximate surface area is 187 Å². The smallest absolute Gasteiger partial charge is 0.359 e. The van der Waals surface area contributed by atoms with Crippen LogP contribution >= 0.6 is 11.3 Å². The number of hydrogen-bond acceptors (Lipinski definition) is 7. The van der Waals surface area contributed by atoms with Crippen molar-refractivity contribution in [3.63, 3.8) is 0 Å². The lowest BCUT2D eigenvalue weighted by atomic mass is 10.0. The van der Waals surface area contributed by atoms with E-state index in [1.54, 1.807) is 30.5 Å². The third kappa shape index (κ3) is 3.94. The Morgan fingerprint density at radius 3 is 2.59 bits per heavy atom. The number of carbonyl (C=O) groups excluding carboxylic acids is 2. The molecule has 0 bridgehead atoms. The number of ether oxygens (including phenoxy) is 1. The largest absolute Gasteiger partial charge is 0.461 e. The fourth-order valence-electron chi connectivity index (χ4n) is 3.24. The maximum Gasteiger partial charge on any atom is 0.359 e. The van der Waals surface area contributed by atoms with E-state index in [4.69, 9.17) is 9.15 Å². The Kier molecular flexibility index (Phi) is 5.91. The number of amides is 1. The van der Waals surface area contributed by atoms with E-state index in [-0.39, 0.29) is 23.4 Å². The molecule has 0 radical (unpaired) electrons. The Balaban J connectivity index is 1.88. The van der Waals surface area contributed by atoms with Crippen molar-refractivity contribution in [1.82, 2.24) is 9.78 Å². The molecule has 9 heteroatoms. The molecule has 8 nitrogen and oxygen atoms in total. The molecule has 0 fully saturated rings. The molecule has 0 aliphatic carbocycles. The van der Waals surface area contributed by atoms with Crippen molar-refractivity contribution in [3.8, 4) is 5.69 Å². The molecular weight excluding hydrogens is 430 g/mol. The number of thiophene rings is 1. The third-order valence-corrected chi connectivity index (χ3v) is 5.79. The van der Waals surface area contributed by atoms with Gasteiger partial charge in [0.1, 0.15) is 5.00 Å². The van der Waals surface area contributed by atoms with Crippen LogP contribution in [0.1, 0.15) is 53.3 Å². The highest BCUT2D eigenvalue weighted by Gasteiger charge is 2.23. The van der Waals surface area contributed by atoms with Crippen molar-refractivity contribution >= 4 is 39.0 Å². The number of nitrogens with one attached hydrogen (secondary N) is 1. The summed E-state index contributed by atoms with van der Waals surface area (Å²) in [5.41, 5.74) is 1.15. The van der Waals surface area contributed by atoms with E-state index in [2.05, 4.69) is 24.3 Å². The monoisotopic (exact) mass is 451 g/mol. The molecule has 1 amide bonds. The number of esters is 1. The molecule has 4 aromatic rings. The first-order valence-corrected chi connectivity index (χ1v) is 11.0. The molecule has 1 aromatic carbocycles. The second kappa shape index (κ2) is 8.80. The zero-order chi connectivity index (χ0) is 22.8. The van der Waals surface area contributed by atoms with Crippen LogP contribution in [-0.2, 0) is 4.74 Å². The first kappa shape index (κ1) is 21.5. The van der Waals surface area contributed by atoms with Gasteiger partial charge in [-0.3, -0.25) is 9.59 Å². The van der Waals surface area contributed by atoms with Gasteiger partial charge in [0.25, 0.3) is 11.5 Å². The lowest BCUT2D eigenvalue weighted by Crippen LogP contribution is -2.25. The van der Waals surface area contributed by atoms with Crippen molar-refractivity contribution < 1.29 is 18.7 Å². The molecule has 0 unspecified atom stereocenters. The van der Waals surface area contributed by atoms with E-state index in [0.717, 1.165) is 21.6 Å². The zero-order valence-electron chi connectivity index (χ0n) is 17.7. The molecule has 0 aliphatic rings. The van der Waals surface area contributed by atoms with E-state index in [1.165, 1.54) is 12.3 Å². The Hall–Kier alpha value is -3.72. The van der Waals surface area contributed by atoms with E-state index >= 15 is 0 Å². The summed E-state index contributed by atoms with van der Waals surface area (Å²) in [6.45, 7) is 6.00. The Morgan fingerprint density at radius 1 is 1.22 bits per heavy atom. The van der Waals surface area contributed by atoms with Crippen molar-refractivity contribution in [3.05, 3.63) is 75.4 Å². The van der Waals surface area contributed by atoms with Crippen LogP contribution in [0.5, 0.6) is 0 Å². The average Bonchev–Trinajstić information content (AvgIpc) is 3.45. The van der Waals surface area contributed by atoms with Crippen LogP contribution < -0.4 is 10.9 Å². The molecule has 4 rings (SSSR count). The Bertz CT molecular complexity index is 1330. The van der Waals surface area contributed by atoms with E-state index < -0.39 is 17.4 Å². The second-order valence-electron chi connectivity index (χ2n) is 7.32. The van der Waals surface area contributed by atoms with Gasteiger partial charge in [0.05, 0.1) is 23.9 Å². The molecule has 3 heterocycles. The summed E-state index contributed by atoms with van der Waals surface area (Å²) < 4.78 is 11.4. The topological polar surface area (TPSA) is 103 Å².